The molecule has 3 aliphatic heterocycles. The molecule has 23 nitrogen and oxygen atoms in total. The van der Waals surface area contributed by atoms with Crippen molar-refractivity contribution < 1.29 is 78.9 Å². The van der Waals surface area contributed by atoms with Crippen molar-refractivity contribution in [2.45, 2.75) is 162 Å². The summed E-state index contributed by atoms with van der Waals surface area (Å²) in [4.78, 5) is 24.7. The number of urea groups is 2. The summed E-state index contributed by atoms with van der Waals surface area (Å²) in [6, 6.07) is -6.56. The molecule has 3 saturated heterocycles. The van der Waals surface area contributed by atoms with Crippen LogP contribution in [0.2, 0.25) is 0 Å². The van der Waals surface area contributed by atoms with E-state index in [0.29, 0.717) is 0 Å². The van der Waals surface area contributed by atoms with Gasteiger partial charge in [-0.1, -0.05) is 0 Å². The molecule has 0 radical (unpaired) electrons. The Morgan fingerprint density at radius 1 is 0.630 bits per heavy atom. The molecule has 0 bridgehead atoms. The number of hydrogen-bond donors (Lipinski definition) is 15. The highest BCUT2D eigenvalue weighted by atomic mass is 16.8. The molecule has 19 atom stereocenters. The maximum atomic E-state index is 12.6. The minimum Gasteiger partial charge on any atom is -0.394 e. The van der Waals surface area contributed by atoms with Gasteiger partial charge < -0.3 is 108 Å². The molecule has 23 heteroatoms. The Hall–Kier alpha value is -2.14. The molecule has 4 aliphatic rings. The topological polar surface area (TPSA) is 378 Å². The van der Waals surface area contributed by atoms with Crippen molar-refractivity contribution in [2.24, 2.45) is 17.2 Å². The molecule has 0 aromatic carbocycles. The third kappa shape index (κ3) is 10.4. The van der Waals surface area contributed by atoms with E-state index in [1.54, 1.807) is 27.7 Å². The molecule has 18 N–H and O–H groups in total. The second kappa shape index (κ2) is 19.3. The first-order valence-electron chi connectivity index (χ1n) is 18.0. The summed E-state index contributed by atoms with van der Waals surface area (Å²) in [6.45, 7) is 5.13. The van der Waals surface area contributed by atoms with Gasteiger partial charge in [0.25, 0.3) is 0 Å². The van der Waals surface area contributed by atoms with E-state index in [0.717, 1.165) is 0 Å². The molecule has 4 rings (SSSR count). The summed E-state index contributed by atoms with van der Waals surface area (Å²) in [7, 11) is 0. The van der Waals surface area contributed by atoms with Crippen LogP contribution in [0.1, 0.15) is 34.1 Å². The van der Waals surface area contributed by atoms with E-state index in [9.17, 15) is 50.4 Å². The van der Waals surface area contributed by atoms with Crippen molar-refractivity contribution >= 4 is 12.1 Å². The summed E-state index contributed by atoms with van der Waals surface area (Å²) in [5, 5.41) is 95.5. The van der Waals surface area contributed by atoms with Crippen LogP contribution in [0, 0.1) is 0 Å². The van der Waals surface area contributed by atoms with Crippen molar-refractivity contribution in [1.82, 2.24) is 21.3 Å². The minimum absolute atomic E-state index is 0.0156. The first-order chi connectivity index (χ1) is 25.4. The lowest BCUT2D eigenvalue weighted by Crippen LogP contribution is -2.69. The van der Waals surface area contributed by atoms with Gasteiger partial charge in [0, 0.05) is 30.7 Å². The van der Waals surface area contributed by atoms with Crippen molar-refractivity contribution in [3.05, 3.63) is 0 Å². The fourth-order valence-electron chi connectivity index (χ4n) is 6.76. The van der Waals surface area contributed by atoms with Crippen LogP contribution in [0.15, 0.2) is 0 Å². The highest BCUT2D eigenvalue weighted by Crippen LogP contribution is 2.34. The molecule has 0 spiro atoms. The van der Waals surface area contributed by atoms with Crippen LogP contribution in [0.5, 0.6) is 0 Å². The highest BCUT2D eigenvalue weighted by molar-refractivity contribution is 5.74. The van der Waals surface area contributed by atoms with E-state index in [1.807, 2.05) is 0 Å². The predicted molar refractivity (Wildman–Crippen MR) is 182 cm³/mol. The van der Waals surface area contributed by atoms with E-state index in [-0.39, 0.29) is 25.0 Å². The SMILES string of the molecule is CC(C)NC(=O)NCC1O[C@H](O[C@H]2[C@@H](O)[C@H](O[C@@H]3[C@@H](O)[C@H](N)C[C@H](N)[C@H]3O[C@@H]3O[C@H](CO)[C@@H](O)[C@H](O)[C@H]3NC(=O)NC(C)C)O[C@@H]2CO)[C@H](N)[C@@H](O)[C@@H]1O. The quantitative estimate of drug-likeness (QED) is 0.0824. The van der Waals surface area contributed by atoms with E-state index in [2.05, 4.69) is 21.3 Å². The van der Waals surface area contributed by atoms with E-state index in [1.165, 1.54) is 0 Å². The number of aliphatic hydroxyl groups excluding tert-OH is 8. The standard InChI is InChI=1S/C31H59N7O16/c1-9(2)36-30(47)35-6-13-19(42)21(44)16(34)27(49-13)53-25-15(8-40)51-29(23(25)46)54-26-18(41)11(32)5-12(33)24(26)52-28-17(38-31(48)37-10(3)4)22(45)20(43)14(7-39)50-28/h9-29,39-46H,5-8,32-34H2,1-4H3,(H2,35,36,47)(H2,37,38,48)/t11-,12+,13?,14-,15-,16-,17-,18+,19-,20-,21-,22-,23-,24-,25-,26-,27-,28+,29+/m1/s1. The third-order valence-corrected chi connectivity index (χ3v) is 9.64. The van der Waals surface area contributed by atoms with Gasteiger partial charge in [0.2, 0.25) is 0 Å². The maximum Gasteiger partial charge on any atom is 0.315 e. The highest BCUT2D eigenvalue weighted by Gasteiger charge is 2.55. The van der Waals surface area contributed by atoms with Crippen molar-refractivity contribution in [1.29, 1.82) is 0 Å². The molecule has 3 heterocycles. The summed E-state index contributed by atoms with van der Waals surface area (Å²) < 4.78 is 35.4. The average molecular weight is 786 g/mol. The smallest absolute Gasteiger partial charge is 0.315 e. The zero-order valence-electron chi connectivity index (χ0n) is 30.5. The first-order valence-corrected chi connectivity index (χ1v) is 18.0. The van der Waals surface area contributed by atoms with Gasteiger partial charge in [-0.3, -0.25) is 0 Å². The van der Waals surface area contributed by atoms with E-state index in [4.69, 9.17) is 45.6 Å². The summed E-state index contributed by atoms with van der Waals surface area (Å²) in [6.07, 6.45) is -22.6. The Balaban J connectivity index is 1.51. The number of nitrogens with two attached hydrogens (primary N) is 3. The number of carbonyl (C=O) groups is 2. The number of nitrogens with one attached hydrogen (secondary N) is 4. The Kier molecular flexibility index (Phi) is 16.0. The van der Waals surface area contributed by atoms with Crippen LogP contribution in [0.4, 0.5) is 9.59 Å². The van der Waals surface area contributed by atoms with Crippen LogP contribution >= 0.6 is 0 Å². The van der Waals surface area contributed by atoms with Gasteiger partial charge in [-0.25, -0.2) is 9.59 Å². The van der Waals surface area contributed by atoms with Gasteiger partial charge in [0.05, 0.1) is 25.4 Å². The number of hydrogen-bond acceptors (Lipinski definition) is 19. The fraction of sp³-hybridized carbons (Fsp3) is 0.935. The molecule has 54 heavy (non-hydrogen) atoms. The lowest BCUT2D eigenvalue weighted by atomic mass is 9.84. The van der Waals surface area contributed by atoms with Gasteiger partial charge in [-0.05, 0) is 34.1 Å². The first kappa shape index (κ1) is 44.6. The van der Waals surface area contributed by atoms with Crippen LogP contribution in [-0.4, -0.2) is 201 Å². The normalized spacial score (nSPS) is 44.3. The van der Waals surface area contributed by atoms with Gasteiger partial charge >= 0.3 is 12.1 Å². The molecule has 1 aliphatic carbocycles. The monoisotopic (exact) mass is 785 g/mol. The van der Waals surface area contributed by atoms with E-state index >= 15 is 0 Å². The summed E-state index contributed by atoms with van der Waals surface area (Å²) >= 11 is 0. The Labute approximate surface area is 311 Å². The minimum atomic E-state index is -1.73. The number of aliphatic hydroxyl groups is 8. The second-order valence-electron chi connectivity index (χ2n) is 14.7. The zero-order chi connectivity index (χ0) is 40.2. The number of carbonyl (C=O) groups excluding carboxylic acids is 2. The Bertz CT molecular complexity index is 1210. The number of rotatable bonds is 13. The lowest BCUT2D eigenvalue weighted by Gasteiger charge is -2.48. The molecular formula is C31H59N7O16. The van der Waals surface area contributed by atoms with Crippen LogP contribution < -0.4 is 38.5 Å². The molecule has 0 aromatic rings. The largest absolute Gasteiger partial charge is 0.394 e. The van der Waals surface area contributed by atoms with Crippen molar-refractivity contribution in [2.75, 3.05) is 19.8 Å². The molecule has 314 valence electrons. The molecule has 4 amide bonds. The van der Waals surface area contributed by atoms with Crippen LogP contribution in [0.25, 0.3) is 0 Å². The molecular weight excluding hydrogens is 726 g/mol. The lowest BCUT2D eigenvalue weighted by molar-refractivity contribution is -0.312. The van der Waals surface area contributed by atoms with Crippen LogP contribution in [-0.2, 0) is 28.4 Å². The third-order valence-electron chi connectivity index (χ3n) is 9.64. The van der Waals surface area contributed by atoms with Crippen molar-refractivity contribution in [3.63, 3.8) is 0 Å². The Morgan fingerprint density at radius 2 is 1.17 bits per heavy atom. The zero-order valence-corrected chi connectivity index (χ0v) is 30.5. The van der Waals surface area contributed by atoms with Gasteiger partial charge in [-0.15, -0.1) is 0 Å². The van der Waals surface area contributed by atoms with Gasteiger partial charge in [0.1, 0.15) is 73.2 Å². The Morgan fingerprint density at radius 3 is 1.78 bits per heavy atom. The molecule has 4 fully saturated rings. The van der Waals surface area contributed by atoms with Crippen LogP contribution in [0.3, 0.4) is 0 Å². The summed E-state index contributed by atoms with van der Waals surface area (Å²) in [5.41, 5.74) is 18.7. The predicted octanol–water partition coefficient (Wildman–Crippen LogP) is -7.36. The van der Waals surface area contributed by atoms with Crippen molar-refractivity contribution in [3.8, 4) is 0 Å². The number of ether oxygens (including phenoxy) is 6. The summed E-state index contributed by atoms with van der Waals surface area (Å²) in [5.74, 6) is 0. The van der Waals surface area contributed by atoms with E-state index < -0.39 is 142 Å². The van der Waals surface area contributed by atoms with Gasteiger partial charge in [0.15, 0.2) is 18.9 Å². The molecule has 1 saturated carbocycles. The fourth-order valence-corrected chi connectivity index (χ4v) is 6.76. The maximum absolute atomic E-state index is 12.6. The molecule has 0 aromatic heterocycles. The second-order valence-corrected chi connectivity index (χ2v) is 14.7. The average Bonchev–Trinajstić information content (AvgIpc) is 3.40. The number of amides is 4. The molecule has 1 unspecified atom stereocenters. The van der Waals surface area contributed by atoms with Gasteiger partial charge in [-0.2, -0.15) is 0 Å².